The Morgan fingerprint density at radius 2 is 1.76 bits per heavy atom. The fourth-order valence-electron chi connectivity index (χ4n) is 3.20. The van der Waals surface area contributed by atoms with E-state index in [0.717, 1.165) is 32.4 Å². The van der Waals surface area contributed by atoms with Crippen molar-refractivity contribution in [2.45, 2.75) is 52.0 Å². The number of likely N-dealkylation sites (tertiary alicyclic amines) is 1. The molecule has 1 aliphatic rings. The Hall–Kier alpha value is -2.04. The van der Waals surface area contributed by atoms with E-state index in [1.54, 1.807) is 0 Å². The van der Waals surface area contributed by atoms with Crippen molar-refractivity contribution in [3.05, 3.63) is 35.9 Å². The van der Waals surface area contributed by atoms with Gasteiger partial charge in [-0.3, -0.25) is 4.79 Å². The Morgan fingerprint density at radius 1 is 1.12 bits per heavy atom. The monoisotopic (exact) mass is 345 g/mol. The number of hydrogen-bond donors (Lipinski definition) is 2. The first-order valence-corrected chi connectivity index (χ1v) is 9.35. The molecule has 0 saturated carbocycles. The Bertz CT molecular complexity index is 551. The van der Waals surface area contributed by atoms with Crippen LogP contribution in [0.1, 0.15) is 51.5 Å². The Morgan fingerprint density at radius 3 is 2.36 bits per heavy atom. The summed E-state index contributed by atoms with van der Waals surface area (Å²) in [5.41, 5.74) is 1.30. The number of nitrogens with zero attached hydrogens (tertiary/aromatic N) is 1. The number of carbonyl (C=O) groups is 2. The van der Waals surface area contributed by atoms with Gasteiger partial charge in [0.2, 0.25) is 5.91 Å². The Balaban J connectivity index is 1.64. The second-order valence-electron chi connectivity index (χ2n) is 7.25. The van der Waals surface area contributed by atoms with Gasteiger partial charge in [-0.15, -0.1) is 0 Å². The molecule has 0 spiro atoms. The minimum Gasteiger partial charge on any atom is -0.342 e. The number of nitrogens with one attached hydrogen (secondary N) is 2. The summed E-state index contributed by atoms with van der Waals surface area (Å²) in [4.78, 5) is 25.9. The summed E-state index contributed by atoms with van der Waals surface area (Å²) < 4.78 is 0. The zero-order chi connectivity index (χ0) is 18.2. The maximum absolute atomic E-state index is 12.1. The molecule has 1 saturated heterocycles. The molecule has 1 aromatic rings. The van der Waals surface area contributed by atoms with Crippen molar-refractivity contribution < 1.29 is 9.59 Å². The van der Waals surface area contributed by atoms with E-state index in [-0.39, 0.29) is 23.9 Å². The molecule has 2 rings (SSSR count). The maximum Gasteiger partial charge on any atom is 0.315 e. The number of hydrogen-bond acceptors (Lipinski definition) is 2. The molecule has 0 unspecified atom stereocenters. The fourth-order valence-corrected chi connectivity index (χ4v) is 3.20. The number of urea groups is 1. The molecule has 0 aromatic heterocycles. The highest BCUT2D eigenvalue weighted by molar-refractivity contribution is 5.78. The highest BCUT2D eigenvalue weighted by Crippen LogP contribution is 2.17. The molecule has 1 fully saturated rings. The van der Waals surface area contributed by atoms with Crippen molar-refractivity contribution in [3.8, 4) is 0 Å². The molecule has 5 nitrogen and oxygen atoms in total. The first-order chi connectivity index (χ1) is 12.0. The van der Waals surface area contributed by atoms with Crippen molar-refractivity contribution >= 4 is 11.9 Å². The molecule has 2 N–H and O–H groups in total. The summed E-state index contributed by atoms with van der Waals surface area (Å²) in [6.45, 7) is 8.15. The van der Waals surface area contributed by atoms with Crippen molar-refractivity contribution in [2.24, 2.45) is 5.92 Å². The van der Waals surface area contributed by atoms with Crippen LogP contribution in [-0.4, -0.2) is 42.5 Å². The molecule has 3 amide bonds. The van der Waals surface area contributed by atoms with Crippen LogP contribution in [-0.2, 0) is 4.79 Å². The van der Waals surface area contributed by atoms with E-state index in [1.165, 1.54) is 5.56 Å². The third-order valence-corrected chi connectivity index (χ3v) is 4.87. The highest BCUT2D eigenvalue weighted by atomic mass is 16.2. The SMILES string of the molecule is CC(C)C(=O)N1CCC(NC(=O)NCC[C@@H](C)c2ccccc2)CC1. The van der Waals surface area contributed by atoms with Gasteiger partial charge in [-0.25, -0.2) is 4.79 Å². The Kier molecular flexibility index (Phi) is 7.29. The first-order valence-electron chi connectivity index (χ1n) is 9.35. The minimum atomic E-state index is -0.103. The lowest BCUT2D eigenvalue weighted by Crippen LogP contribution is -2.49. The highest BCUT2D eigenvalue weighted by Gasteiger charge is 2.24. The third-order valence-electron chi connectivity index (χ3n) is 4.87. The van der Waals surface area contributed by atoms with Gasteiger partial charge < -0.3 is 15.5 Å². The number of rotatable bonds is 6. The number of carbonyl (C=O) groups excluding carboxylic acids is 2. The predicted molar refractivity (Wildman–Crippen MR) is 100 cm³/mol. The molecular weight excluding hydrogens is 314 g/mol. The maximum atomic E-state index is 12.1. The molecule has 1 heterocycles. The van der Waals surface area contributed by atoms with Crippen LogP contribution in [0, 0.1) is 5.92 Å². The quantitative estimate of drug-likeness (QED) is 0.832. The van der Waals surface area contributed by atoms with Crippen LogP contribution < -0.4 is 10.6 Å². The average molecular weight is 345 g/mol. The lowest BCUT2D eigenvalue weighted by atomic mass is 9.98. The van der Waals surface area contributed by atoms with Gasteiger partial charge in [0.1, 0.15) is 0 Å². The van der Waals surface area contributed by atoms with Crippen LogP contribution in [0.4, 0.5) is 4.79 Å². The molecule has 138 valence electrons. The summed E-state index contributed by atoms with van der Waals surface area (Å²) in [5, 5.41) is 5.99. The molecule has 0 radical (unpaired) electrons. The van der Waals surface area contributed by atoms with Crippen LogP contribution in [0.5, 0.6) is 0 Å². The van der Waals surface area contributed by atoms with E-state index in [0.29, 0.717) is 12.5 Å². The van der Waals surface area contributed by atoms with Crippen molar-refractivity contribution in [1.29, 1.82) is 0 Å². The van der Waals surface area contributed by atoms with Gasteiger partial charge in [-0.1, -0.05) is 51.1 Å². The van der Waals surface area contributed by atoms with Crippen molar-refractivity contribution in [2.75, 3.05) is 19.6 Å². The van der Waals surface area contributed by atoms with E-state index in [4.69, 9.17) is 0 Å². The molecule has 1 aromatic carbocycles. The summed E-state index contributed by atoms with van der Waals surface area (Å²) in [7, 11) is 0. The van der Waals surface area contributed by atoms with E-state index in [2.05, 4.69) is 29.7 Å². The zero-order valence-electron chi connectivity index (χ0n) is 15.6. The number of benzene rings is 1. The van der Waals surface area contributed by atoms with E-state index < -0.39 is 0 Å². The standard InChI is InChI=1S/C20H31N3O2/c1-15(2)19(24)23-13-10-18(11-14-23)22-20(25)21-12-9-16(3)17-7-5-4-6-8-17/h4-8,15-16,18H,9-14H2,1-3H3,(H2,21,22,25)/t16-/m1/s1. The topological polar surface area (TPSA) is 61.4 Å². The summed E-state index contributed by atoms with van der Waals surface area (Å²) in [5.74, 6) is 0.670. The predicted octanol–water partition coefficient (Wildman–Crippen LogP) is 3.13. The van der Waals surface area contributed by atoms with Gasteiger partial charge >= 0.3 is 6.03 Å². The van der Waals surface area contributed by atoms with Gasteiger partial charge in [-0.2, -0.15) is 0 Å². The first kappa shape index (κ1) is 19.3. The van der Waals surface area contributed by atoms with E-state index in [1.807, 2.05) is 36.9 Å². The molecular formula is C20H31N3O2. The van der Waals surface area contributed by atoms with Crippen molar-refractivity contribution in [1.82, 2.24) is 15.5 Å². The average Bonchev–Trinajstić information content (AvgIpc) is 2.62. The van der Waals surface area contributed by atoms with Crippen LogP contribution in [0.3, 0.4) is 0 Å². The molecule has 25 heavy (non-hydrogen) atoms. The smallest absolute Gasteiger partial charge is 0.315 e. The minimum absolute atomic E-state index is 0.0411. The van der Waals surface area contributed by atoms with Crippen LogP contribution in [0.15, 0.2) is 30.3 Å². The lowest BCUT2D eigenvalue weighted by molar-refractivity contribution is -0.135. The van der Waals surface area contributed by atoms with Crippen LogP contribution in [0.25, 0.3) is 0 Å². The lowest BCUT2D eigenvalue weighted by Gasteiger charge is -2.33. The van der Waals surface area contributed by atoms with Gasteiger partial charge in [0.15, 0.2) is 0 Å². The normalized spacial score (nSPS) is 16.6. The van der Waals surface area contributed by atoms with E-state index >= 15 is 0 Å². The molecule has 5 heteroatoms. The fraction of sp³-hybridized carbons (Fsp3) is 0.600. The summed E-state index contributed by atoms with van der Waals surface area (Å²) in [6, 6.07) is 10.4. The van der Waals surface area contributed by atoms with E-state index in [9.17, 15) is 9.59 Å². The second kappa shape index (κ2) is 9.44. The van der Waals surface area contributed by atoms with Crippen LogP contribution in [0.2, 0.25) is 0 Å². The van der Waals surface area contributed by atoms with Gasteiger partial charge in [0, 0.05) is 31.6 Å². The van der Waals surface area contributed by atoms with Crippen molar-refractivity contribution in [3.63, 3.8) is 0 Å². The molecule has 0 aliphatic carbocycles. The molecule has 1 aliphatic heterocycles. The largest absolute Gasteiger partial charge is 0.342 e. The third kappa shape index (κ3) is 6.07. The van der Waals surface area contributed by atoms with Gasteiger partial charge in [0.25, 0.3) is 0 Å². The van der Waals surface area contributed by atoms with Gasteiger partial charge in [-0.05, 0) is 30.7 Å². The second-order valence-corrected chi connectivity index (χ2v) is 7.25. The summed E-state index contributed by atoms with van der Waals surface area (Å²) >= 11 is 0. The van der Waals surface area contributed by atoms with Gasteiger partial charge in [0.05, 0.1) is 0 Å². The molecule has 1 atom stereocenters. The van der Waals surface area contributed by atoms with Crippen LogP contribution >= 0.6 is 0 Å². The Labute approximate surface area is 151 Å². The zero-order valence-corrected chi connectivity index (χ0v) is 15.6. The molecule has 0 bridgehead atoms. The number of amides is 3. The number of piperidine rings is 1. The summed E-state index contributed by atoms with van der Waals surface area (Å²) in [6.07, 6.45) is 2.57.